The van der Waals surface area contributed by atoms with E-state index in [0.717, 1.165) is 6.54 Å². The molecule has 0 spiro atoms. The van der Waals surface area contributed by atoms with Gasteiger partial charge < -0.3 is 14.8 Å². The van der Waals surface area contributed by atoms with Crippen LogP contribution in [0, 0.1) is 11.8 Å². The Morgan fingerprint density at radius 3 is 2.69 bits per heavy atom. The van der Waals surface area contributed by atoms with Crippen molar-refractivity contribution in [3.63, 3.8) is 0 Å². The second kappa shape index (κ2) is 5.70. The van der Waals surface area contributed by atoms with Gasteiger partial charge in [-0.25, -0.2) is 4.79 Å². The van der Waals surface area contributed by atoms with Crippen LogP contribution in [0.5, 0.6) is 0 Å². The summed E-state index contributed by atoms with van der Waals surface area (Å²) < 4.78 is 5.12. The molecule has 1 aromatic rings. The Bertz CT molecular complexity index is 344. The van der Waals surface area contributed by atoms with E-state index in [0.29, 0.717) is 24.1 Å². The molecule has 0 aliphatic rings. The maximum Gasteiger partial charge on any atom is 0.338 e. The van der Waals surface area contributed by atoms with E-state index in [4.69, 9.17) is 9.52 Å². The zero-order valence-corrected chi connectivity index (χ0v) is 9.99. The number of furan rings is 1. The molecular formula is C12H19NO3. The van der Waals surface area contributed by atoms with Crippen LogP contribution in [0.1, 0.15) is 36.9 Å². The Morgan fingerprint density at radius 2 is 2.19 bits per heavy atom. The molecule has 0 fully saturated rings. The SMILES string of the molecule is CC(C)C(C)CNCc1cc(C(=O)O)co1. The lowest BCUT2D eigenvalue weighted by atomic mass is 9.98. The number of nitrogens with one attached hydrogen (secondary N) is 1. The first-order chi connectivity index (χ1) is 7.50. The van der Waals surface area contributed by atoms with E-state index in [1.54, 1.807) is 6.07 Å². The van der Waals surface area contributed by atoms with Crippen LogP contribution in [0.15, 0.2) is 16.7 Å². The summed E-state index contributed by atoms with van der Waals surface area (Å²) in [6, 6.07) is 1.55. The van der Waals surface area contributed by atoms with Crippen molar-refractivity contribution in [2.75, 3.05) is 6.54 Å². The molecule has 4 nitrogen and oxygen atoms in total. The first kappa shape index (κ1) is 12.8. The van der Waals surface area contributed by atoms with E-state index in [2.05, 4.69) is 26.1 Å². The van der Waals surface area contributed by atoms with Crippen molar-refractivity contribution < 1.29 is 14.3 Å². The molecule has 1 heterocycles. The maximum absolute atomic E-state index is 10.6. The number of carboxylic acids is 1. The summed E-state index contributed by atoms with van der Waals surface area (Å²) in [6.45, 7) is 8.02. The second-order valence-corrected chi connectivity index (χ2v) is 4.46. The van der Waals surface area contributed by atoms with E-state index >= 15 is 0 Å². The fraction of sp³-hybridized carbons (Fsp3) is 0.583. The van der Waals surface area contributed by atoms with Gasteiger partial charge in [0.1, 0.15) is 12.0 Å². The molecule has 0 aliphatic heterocycles. The minimum absolute atomic E-state index is 0.203. The molecule has 1 atom stereocenters. The molecule has 0 bridgehead atoms. The zero-order valence-electron chi connectivity index (χ0n) is 9.99. The highest BCUT2D eigenvalue weighted by Gasteiger charge is 2.09. The number of aromatic carboxylic acids is 1. The number of hydrogen-bond acceptors (Lipinski definition) is 3. The molecule has 16 heavy (non-hydrogen) atoms. The van der Waals surface area contributed by atoms with E-state index in [-0.39, 0.29) is 5.56 Å². The fourth-order valence-corrected chi connectivity index (χ4v) is 1.24. The van der Waals surface area contributed by atoms with Gasteiger partial charge >= 0.3 is 5.97 Å². The fourth-order valence-electron chi connectivity index (χ4n) is 1.24. The van der Waals surface area contributed by atoms with Crippen LogP contribution in [-0.2, 0) is 6.54 Å². The molecule has 2 N–H and O–H groups in total. The Labute approximate surface area is 95.7 Å². The molecule has 1 rings (SSSR count). The van der Waals surface area contributed by atoms with Gasteiger partial charge in [0.05, 0.1) is 12.1 Å². The molecule has 1 aromatic heterocycles. The van der Waals surface area contributed by atoms with Gasteiger partial charge in [-0.2, -0.15) is 0 Å². The molecule has 0 saturated carbocycles. The summed E-state index contributed by atoms with van der Waals surface area (Å²) in [4.78, 5) is 10.6. The van der Waals surface area contributed by atoms with Crippen molar-refractivity contribution in [1.82, 2.24) is 5.32 Å². The van der Waals surface area contributed by atoms with Crippen molar-refractivity contribution in [3.8, 4) is 0 Å². The number of carboxylic acid groups (broad SMARTS) is 1. The van der Waals surface area contributed by atoms with Crippen LogP contribution in [0.2, 0.25) is 0 Å². The van der Waals surface area contributed by atoms with Gasteiger partial charge in [0.2, 0.25) is 0 Å². The van der Waals surface area contributed by atoms with Crippen LogP contribution in [0.25, 0.3) is 0 Å². The number of carbonyl (C=O) groups is 1. The van der Waals surface area contributed by atoms with Crippen molar-refractivity contribution in [3.05, 3.63) is 23.7 Å². The first-order valence-electron chi connectivity index (χ1n) is 5.52. The van der Waals surface area contributed by atoms with Gasteiger partial charge in [-0.15, -0.1) is 0 Å². The summed E-state index contributed by atoms with van der Waals surface area (Å²) in [5.41, 5.74) is 0.203. The lowest BCUT2D eigenvalue weighted by Gasteiger charge is -2.15. The topological polar surface area (TPSA) is 62.5 Å². The third kappa shape index (κ3) is 3.70. The van der Waals surface area contributed by atoms with Crippen molar-refractivity contribution >= 4 is 5.97 Å². The lowest BCUT2D eigenvalue weighted by Crippen LogP contribution is -2.23. The third-order valence-electron chi connectivity index (χ3n) is 2.80. The Morgan fingerprint density at radius 1 is 1.50 bits per heavy atom. The van der Waals surface area contributed by atoms with Crippen molar-refractivity contribution in [2.24, 2.45) is 11.8 Å². The average Bonchev–Trinajstić information content (AvgIpc) is 2.66. The maximum atomic E-state index is 10.6. The molecule has 0 aromatic carbocycles. The van der Waals surface area contributed by atoms with Crippen molar-refractivity contribution in [2.45, 2.75) is 27.3 Å². The van der Waals surface area contributed by atoms with Crippen LogP contribution in [0.3, 0.4) is 0 Å². The van der Waals surface area contributed by atoms with Gasteiger partial charge in [-0.05, 0) is 24.4 Å². The second-order valence-electron chi connectivity index (χ2n) is 4.46. The first-order valence-corrected chi connectivity index (χ1v) is 5.52. The molecule has 0 radical (unpaired) electrons. The van der Waals surface area contributed by atoms with Gasteiger partial charge in [0.15, 0.2) is 0 Å². The smallest absolute Gasteiger partial charge is 0.338 e. The average molecular weight is 225 g/mol. The minimum Gasteiger partial charge on any atom is -0.478 e. The van der Waals surface area contributed by atoms with Gasteiger partial charge in [0, 0.05) is 0 Å². The molecule has 1 unspecified atom stereocenters. The van der Waals surface area contributed by atoms with Crippen molar-refractivity contribution in [1.29, 1.82) is 0 Å². The molecule has 0 aliphatic carbocycles. The Kier molecular flexibility index (Phi) is 4.55. The summed E-state index contributed by atoms with van der Waals surface area (Å²) in [7, 11) is 0. The van der Waals surface area contributed by atoms with Crippen LogP contribution in [0.4, 0.5) is 0 Å². The lowest BCUT2D eigenvalue weighted by molar-refractivity contribution is 0.0696. The van der Waals surface area contributed by atoms with Crippen LogP contribution < -0.4 is 5.32 Å². The zero-order chi connectivity index (χ0) is 12.1. The Balaban J connectivity index is 2.35. The predicted octanol–water partition coefficient (Wildman–Crippen LogP) is 2.36. The summed E-state index contributed by atoms with van der Waals surface area (Å²) >= 11 is 0. The molecular weight excluding hydrogens is 206 g/mol. The number of hydrogen-bond donors (Lipinski definition) is 2. The van der Waals surface area contributed by atoms with E-state index in [1.807, 2.05) is 0 Å². The minimum atomic E-state index is -0.953. The quantitative estimate of drug-likeness (QED) is 0.780. The highest BCUT2D eigenvalue weighted by atomic mass is 16.4. The summed E-state index contributed by atoms with van der Waals surface area (Å²) in [5.74, 6) is 0.937. The normalized spacial score (nSPS) is 13.0. The molecule has 0 saturated heterocycles. The molecule has 0 amide bonds. The predicted molar refractivity (Wildman–Crippen MR) is 61.4 cm³/mol. The standard InChI is InChI=1S/C12H19NO3/c1-8(2)9(3)5-13-6-11-4-10(7-16-11)12(14)15/h4,7-9,13H,5-6H2,1-3H3,(H,14,15). The van der Waals surface area contributed by atoms with Crippen LogP contribution in [-0.4, -0.2) is 17.6 Å². The van der Waals surface area contributed by atoms with Crippen LogP contribution >= 0.6 is 0 Å². The van der Waals surface area contributed by atoms with Gasteiger partial charge in [0.25, 0.3) is 0 Å². The highest BCUT2D eigenvalue weighted by molar-refractivity contribution is 5.87. The van der Waals surface area contributed by atoms with E-state index in [1.165, 1.54) is 6.26 Å². The highest BCUT2D eigenvalue weighted by Crippen LogP contribution is 2.10. The Hall–Kier alpha value is -1.29. The number of rotatable bonds is 6. The van der Waals surface area contributed by atoms with Gasteiger partial charge in [-0.1, -0.05) is 20.8 Å². The van der Waals surface area contributed by atoms with Gasteiger partial charge in [-0.3, -0.25) is 0 Å². The molecule has 4 heteroatoms. The monoisotopic (exact) mass is 225 g/mol. The van der Waals surface area contributed by atoms with E-state index < -0.39 is 5.97 Å². The third-order valence-corrected chi connectivity index (χ3v) is 2.80. The summed E-state index contributed by atoms with van der Waals surface area (Å²) in [5, 5.41) is 12.0. The van der Waals surface area contributed by atoms with E-state index in [9.17, 15) is 4.79 Å². The molecule has 90 valence electrons. The summed E-state index contributed by atoms with van der Waals surface area (Å²) in [6.07, 6.45) is 1.27. The largest absolute Gasteiger partial charge is 0.478 e.